The number of rotatable bonds is 6. The van der Waals surface area contributed by atoms with Gasteiger partial charge in [-0.15, -0.1) is 11.3 Å². The van der Waals surface area contributed by atoms with Gasteiger partial charge in [0.25, 0.3) is 0 Å². The molecule has 1 aromatic carbocycles. The van der Waals surface area contributed by atoms with Crippen molar-refractivity contribution in [3.8, 4) is 0 Å². The zero-order chi connectivity index (χ0) is 16.9. The SMILES string of the molecule is CCCNC(=O)CCC(=O)N1CCC[C@H]1c1nc2ccccc2s1. The van der Waals surface area contributed by atoms with E-state index in [1.54, 1.807) is 11.3 Å². The maximum absolute atomic E-state index is 12.5. The number of nitrogens with one attached hydrogen (secondary N) is 1. The van der Waals surface area contributed by atoms with Gasteiger partial charge in [0.15, 0.2) is 0 Å². The van der Waals surface area contributed by atoms with Gasteiger partial charge in [0.1, 0.15) is 5.01 Å². The molecule has 0 spiro atoms. The fourth-order valence-corrected chi connectivity index (χ4v) is 4.19. The fourth-order valence-electron chi connectivity index (χ4n) is 3.07. The van der Waals surface area contributed by atoms with E-state index in [1.807, 2.05) is 30.0 Å². The summed E-state index contributed by atoms with van der Waals surface area (Å²) in [5.41, 5.74) is 0.996. The van der Waals surface area contributed by atoms with Crippen LogP contribution in [0.3, 0.4) is 0 Å². The number of para-hydroxylation sites is 1. The number of benzene rings is 1. The Labute approximate surface area is 146 Å². The van der Waals surface area contributed by atoms with Crippen LogP contribution in [0.1, 0.15) is 50.1 Å². The Bertz CT molecular complexity index is 695. The van der Waals surface area contributed by atoms with E-state index in [2.05, 4.69) is 11.4 Å². The summed E-state index contributed by atoms with van der Waals surface area (Å²) in [6, 6.07) is 8.13. The van der Waals surface area contributed by atoms with Gasteiger partial charge in [-0.05, 0) is 31.4 Å². The molecule has 0 radical (unpaired) electrons. The number of aromatic nitrogens is 1. The number of hydrogen-bond donors (Lipinski definition) is 1. The van der Waals surface area contributed by atoms with E-state index in [0.717, 1.165) is 41.0 Å². The lowest BCUT2D eigenvalue weighted by Crippen LogP contribution is -2.32. The molecule has 3 rings (SSSR count). The summed E-state index contributed by atoms with van der Waals surface area (Å²) in [4.78, 5) is 30.9. The van der Waals surface area contributed by atoms with Crippen molar-refractivity contribution in [2.45, 2.75) is 45.1 Å². The molecule has 0 aliphatic carbocycles. The van der Waals surface area contributed by atoms with Crippen LogP contribution in [0.4, 0.5) is 0 Å². The molecule has 1 fully saturated rings. The normalized spacial score (nSPS) is 17.4. The van der Waals surface area contributed by atoms with Gasteiger partial charge in [0, 0.05) is 25.9 Å². The van der Waals surface area contributed by atoms with Crippen LogP contribution in [-0.4, -0.2) is 34.8 Å². The molecule has 6 heteroatoms. The van der Waals surface area contributed by atoms with Crippen LogP contribution in [0.15, 0.2) is 24.3 Å². The average Bonchev–Trinajstić information content (AvgIpc) is 3.23. The van der Waals surface area contributed by atoms with E-state index < -0.39 is 0 Å². The third-order valence-electron chi connectivity index (χ3n) is 4.31. The van der Waals surface area contributed by atoms with Crippen LogP contribution in [0.2, 0.25) is 0 Å². The number of thiazole rings is 1. The first-order valence-corrected chi connectivity index (χ1v) is 9.42. The Morgan fingerprint density at radius 2 is 2.17 bits per heavy atom. The lowest BCUT2D eigenvalue weighted by Gasteiger charge is -2.23. The number of amides is 2. The summed E-state index contributed by atoms with van der Waals surface area (Å²) in [6.45, 7) is 3.44. The van der Waals surface area contributed by atoms with E-state index in [4.69, 9.17) is 4.98 Å². The zero-order valence-electron chi connectivity index (χ0n) is 14.0. The number of likely N-dealkylation sites (tertiary alicyclic amines) is 1. The molecule has 1 atom stereocenters. The number of carbonyl (C=O) groups is 2. The molecule has 1 N–H and O–H groups in total. The summed E-state index contributed by atoms with van der Waals surface area (Å²) in [5, 5.41) is 3.83. The fraction of sp³-hybridized carbons (Fsp3) is 0.500. The first-order valence-electron chi connectivity index (χ1n) is 8.60. The molecule has 128 valence electrons. The van der Waals surface area contributed by atoms with E-state index >= 15 is 0 Å². The Balaban J connectivity index is 1.64. The van der Waals surface area contributed by atoms with E-state index in [-0.39, 0.29) is 30.7 Å². The number of nitrogens with zero attached hydrogens (tertiary/aromatic N) is 2. The first kappa shape index (κ1) is 16.9. The third kappa shape index (κ3) is 3.75. The predicted molar refractivity (Wildman–Crippen MR) is 95.8 cm³/mol. The molecule has 24 heavy (non-hydrogen) atoms. The van der Waals surface area contributed by atoms with Crippen molar-refractivity contribution in [3.63, 3.8) is 0 Å². The Morgan fingerprint density at radius 1 is 1.33 bits per heavy atom. The number of fused-ring (bicyclic) bond motifs is 1. The van der Waals surface area contributed by atoms with Crippen LogP contribution >= 0.6 is 11.3 Å². The van der Waals surface area contributed by atoms with Crippen LogP contribution in [0.5, 0.6) is 0 Å². The molecular formula is C18H23N3O2S. The van der Waals surface area contributed by atoms with Crippen molar-refractivity contribution in [2.24, 2.45) is 0 Å². The third-order valence-corrected chi connectivity index (χ3v) is 5.44. The molecule has 2 heterocycles. The minimum absolute atomic E-state index is 0.0408. The van der Waals surface area contributed by atoms with Gasteiger partial charge in [-0.1, -0.05) is 19.1 Å². The standard InChI is InChI=1S/C18H23N3O2S/c1-2-11-19-16(22)9-10-17(23)21-12-5-7-14(21)18-20-13-6-3-4-8-15(13)24-18/h3-4,6,8,14H,2,5,7,9-12H2,1H3,(H,19,22)/t14-/m0/s1. The first-order chi connectivity index (χ1) is 11.7. The lowest BCUT2D eigenvalue weighted by molar-refractivity contribution is -0.134. The second-order valence-electron chi connectivity index (χ2n) is 6.11. The summed E-state index contributed by atoms with van der Waals surface area (Å²) in [7, 11) is 0. The topological polar surface area (TPSA) is 62.3 Å². The van der Waals surface area contributed by atoms with Gasteiger partial charge >= 0.3 is 0 Å². The van der Waals surface area contributed by atoms with E-state index in [0.29, 0.717) is 6.54 Å². The van der Waals surface area contributed by atoms with Gasteiger partial charge in [0.2, 0.25) is 11.8 Å². The zero-order valence-corrected chi connectivity index (χ0v) is 14.8. The van der Waals surface area contributed by atoms with Crippen LogP contribution in [0, 0.1) is 0 Å². The quantitative estimate of drug-likeness (QED) is 0.874. The lowest BCUT2D eigenvalue weighted by atomic mass is 10.2. The maximum Gasteiger partial charge on any atom is 0.223 e. The van der Waals surface area contributed by atoms with Crippen LogP contribution in [0.25, 0.3) is 10.2 Å². The molecule has 5 nitrogen and oxygen atoms in total. The second-order valence-corrected chi connectivity index (χ2v) is 7.18. The Kier molecular flexibility index (Phi) is 5.45. The van der Waals surface area contributed by atoms with Crippen molar-refractivity contribution in [3.05, 3.63) is 29.3 Å². The highest BCUT2D eigenvalue weighted by Crippen LogP contribution is 2.36. The maximum atomic E-state index is 12.5. The molecular weight excluding hydrogens is 322 g/mol. The highest BCUT2D eigenvalue weighted by Gasteiger charge is 2.32. The molecule has 0 unspecified atom stereocenters. The highest BCUT2D eigenvalue weighted by molar-refractivity contribution is 7.18. The largest absolute Gasteiger partial charge is 0.356 e. The van der Waals surface area contributed by atoms with Crippen molar-refractivity contribution < 1.29 is 9.59 Å². The van der Waals surface area contributed by atoms with Crippen LogP contribution < -0.4 is 5.32 Å². The predicted octanol–water partition coefficient (Wildman–Crippen LogP) is 3.27. The monoisotopic (exact) mass is 345 g/mol. The molecule has 1 aliphatic rings. The number of hydrogen-bond acceptors (Lipinski definition) is 4. The molecule has 2 aromatic rings. The van der Waals surface area contributed by atoms with Crippen molar-refractivity contribution in [1.29, 1.82) is 0 Å². The summed E-state index contributed by atoms with van der Waals surface area (Å²) < 4.78 is 1.16. The van der Waals surface area contributed by atoms with Crippen molar-refractivity contribution in [1.82, 2.24) is 15.2 Å². The smallest absolute Gasteiger partial charge is 0.223 e. The Hall–Kier alpha value is -1.95. The minimum Gasteiger partial charge on any atom is -0.356 e. The van der Waals surface area contributed by atoms with Gasteiger partial charge in [0.05, 0.1) is 16.3 Å². The second kappa shape index (κ2) is 7.75. The van der Waals surface area contributed by atoms with Crippen molar-refractivity contribution >= 4 is 33.4 Å². The average molecular weight is 345 g/mol. The molecule has 0 saturated carbocycles. The van der Waals surface area contributed by atoms with Gasteiger partial charge in [-0.25, -0.2) is 4.98 Å². The molecule has 1 aliphatic heterocycles. The van der Waals surface area contributed by atoms with Gasteiger partial charge in [-0.2, -0.15) is 0 Å². The summed E-state index contributed by atoms with van der Waals surface area (Å²) in [5.74, 6) is 0.0179. The van der Waals surface area contributed by atoms with E-state index in [9.17, 15) is 9.59 Å². The van der Waals surface area contributed by atoms with Gasteiger partial charge < -0.3 is 10.2 Å². The molecule has 0 bridgehead atoms. The molecule has 2 amide bonds. The van der Waals surface area contributed by atoms with Crippen LogP contribution in [-0.2, 0) is 9.59 Å². The summed E-state index contributed by atoms with van der Waals surface area (Å²) >= 11 is 1.67. The highest BCUT2D eigenvalue weighted by atomic mass is 32.1. The van der Waals surface area contributed by atoms with E-state index in [1.165, 1.54) is 0 Å². The Morgan fingerprint density at radius 3 is 2.96 bits per heavy atom. The minimum atomic E-state index is -0.0408. The molecule has 1 saturated heterocycles. The summed E-state index contributed by atoms with van der Waals surface area (Å²) in [6.07, 6.45) is 3.40. The number of carbonyl (C=O) groups excluding carboxylic acids is 2. The van der Waals surface area contributed by atoms with Gasteiger partial charge in [-0.3, -0.25) is 9.59 Å². The molecule has 1 aromatic heterocycles. The van der Waals surface area contributed by atoms with Crippen molar-refractivity contribution in [2.75, 3.05) is 13.1 Å².